The molecule has 3 amide bonds. The van der Waals surface area contributed by atoms with Crippen molar-refractivity contribution in [3.05, 3.63) is 102 Å². The maximum Gasteiger partial charge on any atom is 0.324 e. The van der Waals surface area contributed by atoms with E-state index in [2.05, 4.69) is 31.3 Å². The van der Waals surface area contributed by atoms with Gasteiger partial charge in [0.15, 0.2) is 0 Å². The first-order valence-corrected chi connectivity index (χ1v) is 12.0. The number of aliphatic hydroxyl groups excluding tert-OH is 1. The molecule has 1 aliphatic heterocycles. The zero-order valence-electron chi connectivity index (χ0n) is 20.2. The number of hydrogen-bond donors (Lipinski definition) is 2. The second kappa shape index (κ2) is 10.7. The summed E-state index contributed by atoms with van der Waals surface area (Å²) >= 11 is 0. The molecule has 1 heterocycles. The summed E-state index contributed by atoms with van der Waals surface area (Å²) in [6.45, 7) is 4.22. The van der Waals surface area contributed by atoms with Crippen LogP contribution in [-0.2, 0) is 16.6 Å². The predicted octanol–water partition coefficient (Wildman–Crippen LogP) is 4.31. The largest absolute Gasteiger partial charge is 0.491 e. The van der Waals surface area contributed by atoms with Gasteiger partial charge in [-0.25, -0.2) is 4.79 Å². The fourth-order valence-electron chi connectivity index (χ4n) is 4.35. The maximum absolute atomic E-state index is 12.7. The van der Waals surface area contributed by atoms with E-state index < -0.39 is 18.2 Å². The predicted molar refractivity (Wildman–Crippen MR) is 135 cm³/mol. The van der Waals surface area contributed by atoms with E-state index in [1.54, 1.807) is 0 Å². The molecule has 2 unspecified atom stereocenters. The summed E-state index contributed by atoms with van der Waals surface area (Å²) in [7, 11) is 0. The van der Waals surface area contributed by atoms with Crippen LogP contribution in [0.5, 0.6) is 5.75 Å². The molecule has 1 aliphatic rings. The molecule has 0 radical (unpaired) electrons. The van der Waals surface area contributed by atoms with Crippen molar-refractivity contribution < 1.29 is 19.4 Å². The highest BCUT2D eigenvalue weighted by atomic mass is 16.5. The third-order valence-electron chi connectivity index (χ3n) is 6.58. The van der Waals surface area contributed by atoms with Crippen LogP contribution in [0.4, 0.5) is 4.79 Å². The van der Waals surface area contributed by atoms with Gasteiger partial charge in [-0.3, -0.25) is 9.69 Å². The van der Waals surface area contributed by atoms with Crippen molar-refractivity contribution in [2.45, 2.75) is 44.2 Å². The minimum absolute atomic E-state index is 0.0207. The molecule has 0 saturated carbocycles. The number of carbonyl (C=O) groups excluding carboxylic acids is 2. The monoisotopic (exact) mass is 472 g/mol. The molecule has 6 nitrogen and oxygen atoms in total. The van der Waals surface area contributed by atoms with Crippen LogP contribution in [0.2, 0.25) is 0 Å². The van der Waals surface area contributed by atoms with Crippen LogP contribution in [0.15, 0.2) is 84.9 Å². The van der Waals surface area contributed by atoms with E-state index in [0.717, 1.165) is 16.0 Å². The van der Waals surface area contributed by atoms with Gasteiger partial charge >= 0.3 is 6.03 Å². The number of rotatable bonds is 10. The molecule has 4 rings (SSSR count). The van der Waals surface area contributed by atoms with Crippen molar-refractivity contribution in [2.75, 3.05) is 13.2 Å². The molecule has 3 aromatic rings. The van der Waals surface area contributed by atoms with Crippen LogP contribution in [0.1, 0.15) is 37.0 Å². The third kappa shape index (κ3) is 5.89. The van der Waals surface area contributed by atoms with E-state index in [0.29, 0.717) is 18.6 Å². The Labute approximate surface area is 206 Å². The molecule has 2 N–H and O–H groups in total. The lowest BCUT2D eigenvalue weighted by Crippen LogP contribution is -2.40. The number of benzene rings is 3. The van der Waals surface area contributed by atoms with E-state index in [1.165, 1.54) is 5.56 Å². The summed E-state index contributed by atoms with van der Waals surface area (Å²) in [6, 6.07) is 26.9. The highest BCUT2D eigenvalue weighted by Crippen LogP contribution is 2.32. The number of nitrogens with zero attached hydrogens (tertiary/aromatic N) is 1. The molecular formula is C29H32N2O4. The van der Waals surface area contributed by atoms with Crippen LogP contribution in [0.3, 0.4) is 0 Å². The third-order valence-corrected chi connectivity index (χ3v) is 6.58. The lowest BCUT2D eigenvalue weighted by Gasteiger charge is -2.26. The summed E-state index contributed by atoms with van der Waals surface area (Å²) < 4.78 is 5.73. The standard InChI is InChI=1S/C29H32N2O4/c1-29(2,22-11-7-4-8-12-22)23-14-16-25(17-15-23)35-20-24(32)19-31-27(33)26(30-28(31)34)18-13-21-9-5-3-6-10-21/h3-12,14-17,24,26,32H,13,18-20H2,1-2H3,(H,30,34). The van der Waals surface area contributed by atoms with E-state index in [1.807, 2.05) is 72.8 Å². The minimum Gasteiger partial charge on any atom is -0.491 e. The number of urea groups is 1. The molecule has 182 valence electrons. The molecule has 6 heteroatoms. The zero-order chi connectivity index (χ0) is 24.8. The molecule has 1 saturated heterocycles. The van der Waals surface area contributed by atoms with E-state index in [-0.39, 0.29) is 24.5 Å². The Hall–Kier alpha value is -3.64. The van der Waals surface area contributed by atoms with E-state index in [4.69, 9.17) is 4.74 Å². The average Bonchev–Trinajstić information content (AvgIpc) is 3.15. The van der Waals surface area contributed by atoms with Gasteiger partial charge in [0, 0.05) is 5.41 Å². The van der Waals surface area contributed by atoms with Gasteiger partial charge in [-0.15, -0.1) is 0 Å². The highest BCUT2D eigenvalue weighted by molar-refractivity contribution is 6.04. The summed E-state index contributed by atoms with van der Waals surface area (Å²) in [5, 5.41) is 13.2. The number of nitrogens with one attached hydrogen (secondary N) is 1. The second-order valence-electron chi connectivity index (χ2n) is 9.46. The first-order valence-electron chi connectivity index (χ1n) is 12.0. The lowest BCUT2D eigenvalue weighted by atomic mass is 9.78. The van der Waals surface area contributed by atoms with Gasteiger partial charge < -0.3 is 15.2 Å². The Balaban J connectivity index is 1.27. The Morgan fingerprint density at radius 2 is 1.51 bits per heavy atom. The molecule has 0 spiro atoms. The number of amides is 3. The molecule has 0 aliphatic carbocycles. The van der Waals surface area contributed by atoms with Crippen LogP contribution >= 0.6 is 0 Å². The molecule has 0 bridgehead atoms. The van der Waals surface area contributed by atoms with Crippen molar-refractivity contribution in [3.8, 4) is 5.75 Å². The Kier molecular flexibility index (Phi) is 7.51. The summed E-state index contributed by atoms with van der Waals surface area (Å²) in [6.07, 6.45) is 0.218. The molecule has 2 atom stereocenters. The van der Waals surface area contributed by atoms with Gasteiger partial charge in [0.25, 0.3) is 5.91 Å². The summed E-state index contributed by atoms with van der Waals surface area (Å²) in [4.78, 5) is 26.1. The van der Waals surface area contributed by atoms with Crippen LogP contribution in [-0.4, -0.2) is 47.2 Å². The normalized spacial score (nSPS) is 16.8. The number of aryl methyl sites for hydroxylation is 1. The van der Waals surface area contributed by atoms with Crippen LogP contribution in [0.25, 0.3) is 0 Å². The van der Waals surface area contributed by atoms with Gasteiger partial charge in [0.05, 0.1) is 6.54 Å². The summed E-state index contributed by atoms with van der Waals surface area (Å²) in [5.41, 5.74) is 3.33. The number of ether oxygens (including phenoxy) is 1. The maximum atomic E-state index is 12.7. The van der Waals surface area contributed by atoms with Gasteiger partial charge in [-0.1, -0.05) is 86.6 Å². The molecule has 0 aromatic heterocycles. The smallest absolute Gasteiger partial charge is 0.324 e. The molecule has 1 fully saturated rings. The second-order valence-corrected chi connectivity index (χ2v) is 9.46. The van der Waals surface area contributed by atoms with Gasteiger partial charge in [-0.05, 0) is 41.7 Å². The Bertz CT molecular complexity index is 1130. The number of β-amino-alcohol motifs (C(OH)–C–C–N with tert-alkyl or cyclic N) is 1. The van der Waals surface area contributed by atoms with Gasteiger partial charge in [0.2, 0.25) is 0 Å². The van der Waals surface area contributed by atoms with Crippen molar-refractivity contribution in [1.82, 2.24) is 10.2 Å². The van der Waals surface area contributed by atoms with Crippen LogP contribution in [0, 0.1) is 0 Å². The Morgan fingerprint density at radius 3 is 2.17 bits per heavy atom. The highest BCUT2D eigenvalue weighted by Gasteiger charge is 2.38. The summed E-state index contributed by atoms with van der Waals surface area (Å²) in [5.74, 6) is 0.312. The minimum atomic E-state index is -0.988. The van der Waals surface area contributed by atoms with Gasteiger partial charge in [-0.2, -0.15) is 0 Å². The van der Waals surface area contributed by atoms with E-state index in [9.17, 15) is 14.7 Å². The first-order chi connectivity index (χ1) is 16.8. The molecular weight excluding hydrogens is 440 g/mol. The average molecular weight is 473 g/mol. The van der Waals surface area contributed by atoms with Crippen molar-refractivity contribution in [1.29, 1.82) is 0 Å². The number of hydrogen-bond acceptors (Lipinski definition) is 4. The van der Waals surface area contributed by atoms with E-state index >= 15 is 0 Å². The number of aliphatic hydroxyl groups is 1. The SMILES string of the molecule is CC(C)(c1ccccc1)c1ccc(OCC(O)CN2C(=O)NC(CCc3ccccc3)C2=O)cc1. The fourth-order valence-corrected chi connectivity index (χ4v) is 4.35. The van der Waals surface area contributed by atoms with Gasteiger partial charge in [0.1, 0.15) is 24.5 Å². The van der Waals surface area contributed by atoms with Crippen molar-refractivity contribution in [2.24, 2.45) is 0 Å². The lowest BCUT2D eigenvalue weighted by molar-refractivity contribution is -0.128. The zero-order valence-corrected chi connectivity index (χ0v) is 20.2. The molecule has 35 heavy (non-hydrogen) atoms. The number of imide groups is 1. The van der Waals surface area contributed by atoms with Crippen LogP contribution < -0.4 is 10.1 Å². The molecule has 3 aromatic carbocycles. The fraction of sp³-hybridized carbons (Fsp3) is 0.310. The first kappa shape index (κ1) is 24.5. The van der Waals surface area contributed by atoms with Crippen molar-refractivity contribution >= 4 is 11.9 Å². The quantitative estimate of drug-likeness (QED) is 0.431. The Morgan fingerprint density at radius 1 is 0.914 bits per heavy atom. The number of carbonyl (C=O) groups is 2. The topological polar surface area (TPSA) is 78.9 Å². The van der Waals surface area contributed by atoms with Crippen molar-refractivity contribution in [3.63, 3.8) is 0 Å².